The Kier molecular flexibility index (Phi) is 6.45. The van der Waals surface area contributed by atoms with Gasteiger partial charge in [0.1, 0.15) is 7.28 Å². The van der Waals surface area contributed by atoms with Crippen LogP contribution in [0.4, 0.5) is 0 Å². The van der Waals surface area contributed by atoms with Crippen LogP contribution in [0.5, 0.6) is 0 Å². The van der Waals surface area contributed by atoms with Crippen LogP contribution in [0.3, 0.4) is 0 Å². The van der Waals surface area contributed by atoms with Gasteiger partial charge in [-0.15, -0.1) is 6.22 Å². The molecule has 0 amide bonds. The maximum Gasteiger partial charge on any atom is 0.100 e. The monoisotopic (exact) mass is 119 g/mol. The Labute approximate surface area is 61.5 Å². The molecule has 0 saturated heterocycles. The molecule has 47 valence electrons. The fraction of sp³-hybridized carbons (Fsp3) is 1.00. The van der Waals surface area contributed by atoms with Gasteiger partial charge in [0.15, 0.2) is 0 Å². The third-order valence-corrected chi connectivity index (χ3v) is 1.49. The van der Waals surface area contributed by atoms with Crippen molar-refractivity contribution in [2.45, 2.75) is 39.1 Å². The minimum Gasteiger partial charge on any atom is -0.108 e. The normalized spacial score (nSPS) is 9.11. The molecule has 0 aromatic heterocycles. The summed E-state index contributed by atoms with van der Waals surface area (Å²) in [7, 11) is 7.97. The fourth-order valence-corrected chi connectivity index (χ4v) is 0.703. The molecular weight excluding hydrogens is 105 g/mol. The predicted molar refractivity (Wildman–Crippen MR) is 47.6 cm³/mol. The van der Waals surface area contributed by atoms with E-state index in [9.17, 15) is 0 Å². The van der Waals surface area contributed by atoms with E-state index >= 15 is 0 Å². The summed E-state index contributed by atoms with van der Waals surface area (Å²) in [6, 6.07) is 0. The third-order valence-electron chi connectivity index (χ3n) is 1.49. The zero-order valence-corrected chi connectivity index (χ0v) is 6.56. The Morgan fingerprint density at radius 2 is 2.11 bits per heavy atom. The summed E-state index contributed by atoms with van der Waals surface area (Å²) in [5.41, 5.74) is 0. The van der Waals surface area contributed by atoms with Crippen LogP contribution in [-0.4, -0.2) is 21.6 Å². The van der Waals surface area contributed by atoms with Gasteiger partial charge < -0.3 is 0 Å². The lowest BCUT2D eigenvalue weighted by molar-refractivity contribution is 1.07. The highest BCUT2D eigenvalue weighted by molar-refractivity contribution is 7.06. The first-order chi connectivity index (χ1) is 4.31. The summed E-state index contributed by atoms with van der Waals surface area (Å²) < 4.78 is 0. The Morgan fingerprint density at radius 3 is 2.56 bits per heavy atom. The fourth-order valence-electron chi connectivity index (χ4n) is 0.703. The molecule has 0 aliphatic heterocycles. The quantitative estimate of drug-likeness (QED) is 0.381. The molecule has 0 aliphatic carbocycles. The van der Waals surface area contributed by atoms with E-state index in [4.69, 9.17) is 7.74 Å². The maximum absolute atomic E-state index is 5.68. The van der Waals surface area contributed by atoms with E-state index in [1.165, 1.54) is 12.7 Å². The average Bonchev–Trinajstić information content (AvgIpc) is 1.89. The van der Waals surface area contributed by atoms with Crippen LogP contribution in [0.2, 0.25) is 18.9 Å². The Bertz CT molecular complexity index is 56.3. The molecule has 0 fully saturated rings. The zero-order chi connectivity index (χ0) is 7.11. The summed E-state index contributed by atoms with van der Waals surface area (Å²) in [4.78, 5) is 0. The van der Waals surface area contributed by atoms with Crippen molar-refractivity contribution in [2.24, 2.45) is 0 Å². The van der Waals surface area contributed by atoms with Crippen molar-refractivity contribution in [1.82, 2.24) is 0 Å². The van der Waals surface area contributed by atoms with Crippen LogP contribution in [0.25, 0.3) is 0 Å². The highest BCUT2D eigenvalue weighted by Gasteiger charge is 2.00. The molecular formula is C6H14B3. The summed E-state index contributed by atoms with van der Waals surface area (Å²) in [5, 5.41) is 0. The highest BCUT2D eigenvalue weighted by atomic mass is 13.6. The van der Waals surface area contributed by atoms with E-state index < -0.39 is 0 Å². The lowest BCUT2D eigenvalue weighted by Gasteiger charge is -2.01. The van der Waals surface area contributed by atoms with Gasteiger partial charge in [-0.25, -0.2) is 0 Å². The van der Waals surface area contributed by atoms with Crippen molar-refractivity contribution in [3.05, 3.63) is 0 Å². The topological polar surface area (TPSA) is 0 Å². The molecule has 0 aromatic rings. The van der Waals surface area contributed by atoms with Crippen molar-refractivity contribution >= 4 is 21.6 Å². The van der Waals surface area contributed by atoms with Crippen LogP contribution in [0, 0.1) is 0 Å². The second-order valence-corrected chi connectivity index (χ2v) is 2.48. The van der Waals surface area contributed by atoms with E-state index in [1.807, 2.05) is 0 Å². The molecule has 3 heteroatoms. The SMILES string of the molecule is [B]B(CC)C[B]CCC. The van der Waals surface area contributed by atoms with Gasteiger partial charge in [-0.05, 0) is 0 Å². The first-order valence-corrected chi connectivity index (χ1v) is 3.88. The minimum absolute atomic E-state index is 0.400. The summed E-state index contributed by atoms with van der Waals surface area (Å²) in [5.74, 6) is 0. The van der Waals surface area contributed by atoms with E-state index in [-0.39, 0.29) is 0 Å². The van der Waals surface area contributed by atoms with E-state index in [2.05, 4.69) is 21.1 Å². The predicted octanol–water partition coefficient (Wildman–Crippen LogP) is 1.66. The Balaban J connectivity index is 2.88. The summed E-state index contributed by atoms with van der Waals surface area (Å²) in [6.45, 7) is 4.72. The number of hydrogen-bond donors (Lipinski definition) is 0. The maximum atomic E-state index is 5.68. The molecule has 0 nitrogen and oxygen atoms in total. The summed E-state index contributed by atoms with van der Waals surface area (Å²) in [6.07, 6.45) is 4.65. The molecule has 0 heterocycles. The molecule has 9 heavy (non-hydrogen) atoms. The van der Waals surface area contributed by atoms with Gasteiger partial charge in [0.25, 0.3) is 0 Å². The molecule has 0 aliphatic rings. The van der Waals surface area contributed by atoms with Gasteiger partial charge in [-0.1, -0.05) is 32.9 Å². The first-order valence-electron chi connectivity index (χ1n) is 3.88. The van der Waals surface area contributed by atoms with Crippen molar-refractivity contribution in [1.29, 1.82) is 0 Å². The lowest BCUT2D eigenvalue weighted by Crippen LogP contribution is -2.13. The number of hydrogen-bond acceptors (Lipinski definition) is 0. The second kappa shape index (κ2) is 6.32. The molecule has 0 aromatic carbocycles. The molecule has 3 radical (unpaired) electrons. The molecule has 0 N–H and O–H groups in total. The Hall–Kier alpha value is 0.195. The van der Waals surface area contributed by atoms with E-state index in [1.54, 1.807) is 0 Å². The van der Waals surface area contributed by atoms with Crippen molar-refractivity contribution in [3.63, 3.8) is 0 Å². The highest BCUT2D eigenvalue weighted by Crippen LogP contribution is 1.96. The number of rotatable bonds is 5. The smallest absolute Gasteiger partial charge is 0.100 e. The minimum atomic E-state index is 0.400. The summed E-state index contributed by atoms with van der Waals surface area (Å²) >= 11 is 0. The van der Waals surface area contributed by atoms with Gasteiger partial charge in [-0.2, -0.15) is 0 Å². The Morgan fingerprint density at radius 1 is 1.44 bits per heavy atom. The van der Waals surface area contributed by atoms with Crippen LogP contribution in [-0.2, 0) is 0 Å². The van der Waals surface area contributed by atoms with E-state index in [0.717, 1.165) is 12.5 Å². The molecule has 0 unspecified atom stereocenters. The van der Waals surface area contributed by atoms with Crippen LogP contribution < -0.4 is 0 Å². The second-order valence-electron chi connectivity index (χ2n) is 2.48. The van der Waals surface area contributed by atoms with Crippen LogP contribution in [0.1, 0.15) is 20.3 Å². The molecule has 0 atom stereocenters. The van der Waals surface area contributed by atoms with E-state index in [0.29, 0.717) is 6.60 Å². The van der Waals surface area contributed by atoms with Crippen LogP contribution in [0.15, 0.2) is 0 Å². The van der Waals surface area contributed by atoms with Gasteiger partial charge in [0, 0.05) is 7.74 Å². The molecule has 0 saturated carbocycles. The largest absolute Gasteiger partial charge is 0.108 e. The first kappa shape index (κ1) is 9.19. The van der Waals surface area contributed by atoms with Gasteiger partial charge in [-0.3, -0.25) is 0 Å². The molecule has 0 bridgehead atoms. The average molecular weight is 119 g/mol. The lowest BCUT2D eigenvalue weighted by atomic mass is 9.24. The third kappa shape index (κ3) is 6.08. The molecule has 0 rings (SSSR count). The van der Waals surface area contributed by atoms with Crippen molar-refractivity contribution in [2.75, 3.05) is 0 Å². The van der Waals surface area contributed by atoms with Crippen molar-refractivity contribution in [3.8, 4) is 0 Å². The zero-order valence-electron chi connectivity index (χ0n) is 6.56. The standard InChI is InChI=1S/C6H14B3/c1-3-5-8-6-9(7)4-2/h3-6H2,1-2H3. The van der Waals surface area contributed by atoms with Crippen LogP contribution >= 0.6 is 0 Å². The van der Waals surface area contributed by atoms with Gasteiger partial charge in [0.05, 0.1) is 6.60 Å². The van der Waals surface area contributed by atoms with Gasteiger partial charge in [0.2, 0.25) is 0 Å². The molecule has 0 spiro atoms. The van der Waals surface area contributed by atoms with Crippen molar-refractivity contribution < 1.29 is 0 Å². The van der Waals surface area contributed by atoms with Gasteiger partial charge >= 0.3 is 0 Å².